The van der Waals surface area contributed by atoms with E-state index in [-0.39, 0.29) is 12.1 Å². The lowest BCUT2D eigenvalue weighted by molar-refractivity contribution is -0.895. The Labute approximate surface area is 188 Å². The molecule has 0 radical (unpaired) electrons. The number of hydrogen-bond acceptors (Lipinski definition) is 5. The fraction of sp³-hybridized carbons (Fsp3) is 0.217. The summed E-state index contributed by atoms with van der Waals surface area (Å²) >= 11 is 7.74. The summed E-state index contributed by atoms with van der Waals surface area (Å²) in [4.78, 5) is 28.0. The van der Waals surface area contributed by atoms with Gasteiger partial charge in [0.1, 0.15) is 23.5 Å². The van der Waals surface area contributed by atoms with E-state index in [0.717, 1.165) is 35.6 Å². The van der Waals surface area contributed by atoms with Gasteiger partial charge >= 0.3 is 5.97 Å². The van der Waals surface area contributed by atoms with Gasteiger partial charge in [-0.3, -0.25) is 4.79 Å². The van der Waals surface area contributed by atoms with Crippen molar-refractivity contribution in [3.63, 3.8) is 0 Å². The van der Waals surface area contributed by atoms with Gasteiger partial charge in [-0.25, -0.2) is 4.79 Å². The van der Waals surface area contributed by atoms with E-state index in [0.29, 0.717) is 16.3 Å². The van der Waals surface area contributed by atoms with Crippen molar-refractivity contribution in [1.29, 1.82) is 0 Å². The predicted octanol–water partition coefficient (Wildman–Crippen LogP) is 3.05. The highest BCUT2D eigenvalue weighted by Gasteiger charge is 2.33. The summed E-state index contributed by atoms with van der Waals surface area (Å²) in [7, 11) is 2.18. The first-order chi connectivity index (χ1) is 15.0. The molecule has 8 heteroatoms. The molecule has 0 spiro atoms. The zero-order valence-electron chi connectivity index (χ0n) is 16.8. The fourth-order valence-electron chi connectivity index (χ4n) is 4.02. The Hall–Kier alpha value is -2.87. The maximum absolute atomic E-state index is 12.9. The van der Waals surface area contributed by atoms with Crippen LogP contribution < -0.4 is 20.3 Å². The summed E-state index contributed by atoms with van der Waals surface area (Å²) < 4.78 is 5.43. The third-order valence-electron chi connectivity index (χ3n) is 5.65. The summed E-state index contributed by atoms with van der Waals surface area (Å²) in [6, 6.07) is 13.9. The lowest BCUT2D eigenvalue weighted by atomic mass is 10.0. The molecule has 2 atom stereocenters. The van der Waals surface area contributed by atoms with Crippen molar-refractivity contribution in [3.8, 4) is 5.75 Å². The zero-order valence-corrected chi connectivity index (χ0v) is 18.4. The molecule has 2 unspecified atom stereocenters. The number of rotatable bonds is 3. The Morgan fingerprint density at radius 2 is 1.94 bits per heavy atom. The zero-order chi connectivity index (χ0) is 21.5. The number of nitrogens with one attached hydrogen (secondary N) is 3. The number of hydrogen-bond donors (Lipinski definition) is 3. The van der Waals surface area contributed by atoms with Crippen molar-refractivity contribution in [2.45, 2.75) is 19.1 Å². The van der Waals surface area contributed by atoms with E-state index in [1.165, 1.54) is 15.3 Å². The molecule has 2 aromatic carbocycles. The van der Waals surface area contributed by atoms with Gasteiger partial charge < -0.3 is 20.3 Å². The second kappa shape index (κ2) is 8.00. The number of thiophene rings is 1. The van der Waals surface area contributed by atoms with E-state index in [4.69, 9.17) is 16.3 Å². The van der Waals surface area contributed by atoms with Crippen LogP contribution in [0.15, 0.2) is 48.5 Å². The number of ether oxygens (including phenoxy) is 1. The van der Waals surface area contributed by atoms with Crippen LogP contribution in [-0.2, 0) is 13.0 Å². The highest BCUT2D eigenvalue weighted by atomic mass is 35.5. The molecule has 1 amide bonds. The molecule has 31 heavy (non-hydrogen) atoms. The third kappa shape index (κ3) is 3.80. The number of esters is 1. The maximum Gasteiger partial charge on any atom is 0.345 e. The standard InChI is InChI=1S/C23H20ClN3O3S/c1-27-11-10-16-18(12-27)31-22-19(16)21(28)25-20(26-22)13-6-8-14(9-7-13)30-23(29)15-4-2-3-5-17(15)24/h2-9,20,26H,10-12H2,1H3,(H,25,28)/p+1. The molecule has 2 aliphatic rings. The molecule has 3 N–H and O–H groups in total. The molecule has 0 saturated heterocycles. The number of likely N-dealkylation sites (N-methyl/N-ethyl adjacent to an activating group) is 1. The summed E-state index contributed by atoms with van der Waals surface area (Å²) in [5, 5.41) is 7.80. The molecular weight excluding hydrogens is 434 g/mol. The monoisotopic (exact) mass is 454 g/mol. The van der Waals surface area contributed by atoms with Crippen molar-refractivity contribution < 1.29 is 19.2 Å². The minimum atomic E-state index is -0.511. The van der Waals surface area contributed by atoms with E-state index < -0.39 is 5.97 Å². The van der Waals surface area contributed by atoms with Crippen molar-refractivity contribution in [2.24, 2.45) is 0 Å². The Kier molecular flexibility index (Phi) is 5.17. The molecule has 0 fully saturated rings. The minimum Gasteiger partial charge on any atom is -0.423 e. The molecule has 3 heterocycles. The second-order valence-electron chi connectivity index (χ2n) is 7.83. The minimum absolute atomic E-state index is 0.0370. The highest BCUT2D eigenvalue weighted by Crippen LogP contribution is 2.39. The molecule has 0 aliphatic carbocycles. The van der Waals surface area contributed by atoms with Crippen LogP contribution in [0.1, 0.15) is 42.9 Å². The van der Waals surface area contributed by atoms with Crippen LogP contribution in [0.2, 0.25) is 5.02 Å². The fourth-order valence-corrected chi connectivity index (χ4v) is 5.62. The molecule has 3 aromatic rings. The SMILES string of the molecule is C[NH+]1CCc2c(sc3c2C(=O)NC(c2ccc(OC(=O)c4ccccc4Cl)cc2)N3)C1. The Bertz CT molecular complexity index is 1180. The van der Waals surface area contributed by atoms with E-state index >= 15 is 0 Å². The van der Waals surface area contributed by atoms with Crippen LogP contribution in [0.5, 0.6) is 5.75 Å². The summed E-state index contributed by atoms with van der Waals surface area (Å²) in [6.45, 7) is 2.00. The first kappa shape index (κ1) is 20.1. The van der Waals surface area contributed by atoms with Gasteiger partial charge in [-0.2, -0.15) is 0 Å². The van der Waals surface area contributed by atoms with Crippen LogP contribution in [0.3, 0.4) is 0 Å². The van der Waals surface area contributed by atoms with E-state index in [1.54, 1.807) is 47.7 Å². The van der Waals surface area contributed by atoms with Gasteiger partial charge in [-0.15, -0.1) is 11.3 Å². The van der Waals surface area contributed by atoms with E-state index in [9.17, 15) is 9.59 Å². The summed E-state index contributed by atoms with van der Waals surface area (Å²) in [5.74, 6) is -0.137. The average Bonchev–Trinajstić information content (AvgIpc) is 3.12. The highest BCUT2D eigenvalue weighted by molar-refractivity contribution is 7.16. The van der Waals surface area contributed by atoms with Gasteiger partial charge in [0, 0.05) is 6.42 Å². The lowest BCUT2D eigenvalue weighted by Gasteiger charge is -2.27. The molecular formula is C23H21ClN3O3S+. The maximum atomic E-state index is 12.9. The van der Waals surface area contributed by atoms with Gasteiger partial charge in [0.2, 0.25) is 0 Å². The number of benzene rings is 2. The average molecular weight is 455 g/mol. The van der Waals surface area contributed by atoms with Crippen molar-refractivity contribution in [2.75, 3.05) is 18.9 Å². The molecule has 158 valence electrons. The predicted molar refractivity (Wildman–Crippen MR) is 120 cm³/mol. The van der Waals surface area contributed by atoms with Crippen LogP contribution in [-0.4, -0.2) is 25.5 Å². The Morgan fingerprint density at radius 1 is 1.16 bits per heavy atom. The summed E-state index contributed by atoms with van der Waals surface area (Å²) in [6.07, 6.45) is 0.594. The normalized spacial score (nSPS) is 19.6. The lowest BCUT2D eigenvalue weighted by Crippen LogP contribution is -3.08. The number of halogens is 1. The van der Waals surface area contributed by atoms with Gasteiger partial charge in [0.15, 0.2) is 0 Å². The van der Waals surface area contributed by atoms with E-state index in [1.807, 2.05) is 12.1 Å². The van der Waals surface area contributed by atoms with Crippen molar-refractivity contribution in [3.05, 3.63) is 80.7 Å². The number of carbonyl (C=O) groups is 2. The Balaban J connectivity index is 1.32. The smallest absolute Gasteiger partial charge is 0.345 e. The quantitative estimate of drug-likeness (QED) is 0.420. The largest absolute Gasteiger partial charge is 0.423 e. The van der Waals surface area contributed by atoms with Gasteiger partial charge in [0.25, 0.3) is 5.91 Å². The number of quaternary nitrogens is 1. The van der Waals surface area contributed by atoms with Gasteiger partial charge in [0.05, 0.1) is 34.6 Å². The summed E-state index contributed by atoms with van der Waals surface area (Å²) in [5.41, 5.74) is 3.19. The molecule has 5 rings (SSSR count). The first-order valence-corrected chi connectivity index (χ1v) is 11.3. The molecule has 1 aromatic heterocycles. The van der Waals surface area contributed by atoms with Crippen molar-refractivity contribution in [1.82, 2.24) is 5.32 Å². The molecule has 2 aliphatic heterocycles. The van der Waals surface area contributed by atoms with E-state index in [2.05, 4.69) is 17.7 Å². The number of fused-ring (bicyclic) bond motifs is 3. The van der Waals surface area contributed by atoms with Gasteiger partial charge in [-0.1, -0.05) is 35.9 Å². The third-order valence-corrected chi connectivity index (χ3v) is 7.14. The first-order valence-electron chi connectivity index (χ1n) is 10.1. The number of anilines is 1. The topological polar surface area (TPSA) is 71.9 Å². The van der Waals surface area contributed by atoms with Crippen LogP contribution >= 0.6 is 22.9 Å². The Morgan fingerprint density at radius 3 is 2.71 bits per heavy atom. The number of amides is 1. The van der Waals surface area contributed by atoms with Gasteiger partial charge in [-0.05, 0) is 35.4 Å². The molecule has 6 nitrogen and oxygen atoms in total. The molecule has 0 saturated carbocycles. The number of carbonyl (C=O) groups excluding carboxylic acids is 2. The van der Waals surface area contributed by atoms with Crippen molar-refractivity contribution >= 4 is 39.8 Å². The van der Waals surface area contributed by atoms with Crippen LogP contribution in [0.25, 0.3) is 0 Å². The molecule has 0 bridgehead atoms. The van der Waals surface area contributed by atoms with Crippen LogP contribution in [0.4, 0.5) is 5.00 Å². The second-order valence-corrected chi connectivity index (χ2v) is 9.34. The van der Waals surface area contributed by atoms with Crippen LogP contribution in [0, 0.1) is 0 Å².